The van der Waals surface area contributed by atoms with Crippen molar-refractivity contribution >= 4 is 41.5 Å². The van der Waals surface area contributed by atoms with Gasteiger partial charge in [0.25, 0.3) is 0 Å². The number of carbonyl (C=O) groups excluding carboxylic acids is 1. The van der Waals surface area contributed by atoms with Crippen LogP contribution in [-0.4, -0.2) is 30.4 Å². The molecule has 1 aliphatic heterocycles. The number of hydrogen-bond donors (Lipinski definition) is 3. The monoisotopic (exact) mass is 561 g/mol. The first kappa shape index (κ1) is 24.4. The van der Waals surface area contributed by atoms with Gasteiger partial charge in [-0.1, -0.05) is 24.3 Å². The van der Waals surface area contributed by atoms with E-state index in [1.807, 2.05) is 24.3 Å². The molecule has 0 saturated carbocycles. The molecule has 3 N–H and O–H groups in total. The lowest BCUT2D eigenvalue weighted by molar-refractivity contribution is -0.116. The average Bonchev–Trinajstić information content (AvgIpc) is 2.81. The molecule has 4 rings (SSSR count). The van der Waals surface area contributed by atoms with Crippen molar-refractivity contribution in [3.05, 3.63) is 83.9 Å². The van der Waals surface area contributed by atoms with E-state index in [-0.39, 0.29) is 41.6 Å². The van der Waals surface area contributed by atoms with Crippen molar-refractivity contribution in [3.8, 4) is 11.5 Å². The number of nitrogens with one attached hydrogen (secondary N) is 3. The molecule has 0 aliphatic carbocycles. The second-order valence-corrected chi connectivity index (χ2v) is 7.40. The van der Waals surface area contributed by atoms with Gasteiger partial charge in [0.15, 0.2) is 17.5 Å². The van der Waals surface area contributed by atoms with Gasteiger partial charge >= 0.3 is 0 Å². The van der Waals surface area contributed by atoms with E-state index in [9.17, 15) is 9.18 Å². The molecule has 0 bridgehead atoms. The molecular formula is C24H25FIN5O2. The molecule has 1 atom stereocenters. The molecule has 7 nitrogen and oxygen atoms in total. The number of pyridine rings is 1. The number of anilines is 1. The molecule has 172 valence electrons. The zero-order valence-corrected chi connectivity index (χ0v) is 20.4. The minimum absolute atomic E-state index is 0. The van der Waals surface area contributed by atoms with Gasteiger partial charge in [0.1, 0.15) is 5.75 Å². The van der Waals surface area contributed by atoms with E-state index < -0.39 is 5.82 Å². The van der Waals surface area contributed by atoms with Gasteiger partial charge in [0.05, 0.1) is 6.20 Å². The Labute approximate surface area is 208 Å². The largest absolute Gasteiger partial charge is 0.453 e. The number of guanidine groups is 1. The summed E-state index contributed by atoms with van der Waals surface area (Å²) in [7, 11) is 1.67. The zero-order valence-electron chi connectivity index (χ0n) is 18.0. The molecular weight excluding hydrogens is 536 g/mol. The van der Waals surface area contributed by atoms with Gasteiger partial charge in [0.2, 0.25) is 5.91 Å². The molecule has 2 heterocycles. The van der Waals surface area contributed by atoms with Crippen LogP contribution in [0.25, 0.3) is 0 Å². The van der Waals surface area contributed by atoms with Crippen molar-refractivity contribution in [2.45, 2.75) is 18.9 Å². The maximum atomic E-state index is 14.5. The Morgan fingerprint density at radius 3 is 2.82 bits per heavy atom. The Kier molecular flexibility index (Phi) is 8.58. The number of hydrogen-bond acceptors (Lipinski definition) is 4. The molecule has 1 aromatic heterocycles. The van der Waals surface area contributed by atoms with Crippen LogP contribution in [0.3, 0.4) is 0 Å². The molecule has 1 unspecified atom stereocenters. The van der Waals surface area contributed by atoms with E-state index in [4.69, 9.17) is 4.74 Å². The standard InChI is InChI=1S/C24H24FN5O2.HI/c1-26-24(29-14-17-12-23(31)30-21-7-3-2-6-19(17)21)28-13-16-8-9-22(20(25)11-16)32-18-5-4-10-27-15-18;/h2-11,15,17H,12-14H2,1H3,(H,30,31)(H2,26,28,29);1H. The van der Waals surface area contributed by atoms with Crippen molar-refractivity contribution in [2.24, 2.45) is 4.99 Å². The first-order valence-electron chi connectivity index (χ1n) is 10.3. The summed E-state index contributed by atoms with van der Waals surface area (Å²) in [4.78, 5) is 20.2. The number of fused-ring (bicyclic) bond motifs is 1. The van der Waals surface area contributed by atoms with E-state index in [1.165, 1.54) is 12.3 Å². The molecule has 0 saturated heterocycles. The molecule has 0 fully saturated rings. The Morgan fingerprint density at radius 1 is 1.21 bits per heavy atom. The highest BCUT2D eigenvalue weighted by molar-refractivity contribution is 14.0. The highest BCUT2D eigenvalue weighted by atomic mass is 127. The topological polar surface area (TPSA) is 87.6 Å². The summed E-state index contributed by atoms with van der Waals surface area (Å²) < 4.78 is 20.0. The summed E-state index contributed by atoms with van der Waals surface area (Å²) in [5.74, 6) is 0.770. The lowest BCUT2D eigenvalue weighted by atomic mass is 9.90. The summed E-state index contributed by atoms with van der Waals surface area (Å²) >= 11 is 0. The average molecular weight is 561 g/mol. The van der Waals surface area contributed by atoms with Gasteiger partial charge in [0, 0.05) is 44.4 Å². The number of aromatic nitrogens is 1. The number of amides is 1. The van der Waals surface area contributed by atoms with E-state index in [1.54, 1.807) is 37.5 Å². The van der Waals surface area contributed by atoms with Gasteiger partial charge in [-0.25, -0.2) is 4.39 Å². The van der Waals surface area contributed by atoms with Crippen LogP contribution >= 0.6 is 24.0 Å². The minimum atomic E-state index is -0.457. The van der Waals surface area contributed by atoms with Crippen molar-refractivity contribution in [3.63, 3.8) is 0 Å². The Morgan fingerprint density at radius 2 is 2.06 bits per heavy atom. The Hall–Kier alpha value is -3.21. The quantitative estimate of drug-likeness (QED) is 0.236. The maximum absolute atomic E-state index is 14.5. The first-order valence-corrected chi connectivity index (χ1v) is 10.3. The summed E-state index contributed by atoms with van der Waals surface area (Å²) in [6.07, 6.45) is 3.56. The number of benzene rings is 2. The van der Waals surface area contributed by atoms with Gasteiger partial charge < -0.3 is 20.7 Å². The van der Waals surface area contributed by atoms with E-state index in [0.717, 1.165) is 16.8 Å². The molecule has 3 aromatic rings. The fourth-order valence-electron chi connectivity index (χ4n) is 3.58. The summed E-state index contributed by atoms with van der Waals surface area (Å²) in [5, 5.41) is 9.34. The Bertz CT molecular complexity index is 1130. The van der Waals surface area contributed by atoms with Crippen LogP contribution in [0.2, 0.25) is 0 Å². The number of rotatable bonds is 6. The third kappa shape index (κ3) is 6.41. The second-order valence-electron chi connectivity index (χ2n) is 7.40. The van der Waals surface area contributed by atoms with E-state index in [2.05, 4.69) is 25.9 Å². The second kappa shape index (κ2) is 11.6. The van der Waals surface area contributed by atoms with Crippen molar-refractivity contribution < 1.29 is 13.9 Å². The van der Waals surface area contributed by atoms with Crippen LogP contribution in [0, 0.1) is 5.82 Å². The highest BCUT2D eigenvalue weighted by Gasteiger charge is 2.24. The van der Waals surface area contributed by atoms with Gasteiger partial charge in [-0.05, 0) is 41.5 Å². The van der Waals surface area contributed by atoms with Gasteiger partial charge in [-0.2, -0.15) is 0 Å². The number of nitrogens with zero attached hydrogens (tertiary/aromatic N) is 2. The van der Waals surface area contributed by atoms with Crippen molar-refractivity contribution in [1.82, 2.24) is 15.6 Å². The predicted molar refractivity (Wildman–Crippen MR) is 137 cm³/mol. The zero-order chi connectivity index (χ0) is 22.3. The number of carbonyl (C=O) groups is 1. The van der Waals surface area contributed by atoms with Crippen LogP contribution < -0.4 is 20.7 Å². The van der Waals surface area contributed by atoms with Crippen molar-refractivity contribution in [2.75, 3.05) is 18.9 Å². The number of halogens is 2. The van der Waals surface area contributed by atoms with Crippen LogP contribution in [0.4, 0.5) is 10.1 Å². The lowest BCUT2D eigenvalue weighted by Gasteiger charge is -2.26. The fraction of sp³-hybridized carbons (Fsp3) is 0.208. The van der Waals surface area contributed by atoms with Gasteiger partial charge in [-0.3, -0.25) is 14.8 Å². The molecule has 9 heteroatoms. The molecule has 1 amide bonds. The fourth-order valence-corrected chi connectivity index (χ4v) is 3.58. The smallest absolute Gasteiger partial charge is 0.225 e. The van der Waals surface area contributed by atoms with E-state index >= 15 is 0 Å². The highest BCUT2D eigenvalue weighted by Crippen LogP contribution is 2.31. The molecule has 2 aromatic carbocycles. The summed E-state index contributed by atoms with van der Waals surface area (Å²) in [6.45, 7) is 0.932. The van der Waals surface area contributed by atoms with E-state index in [0.29, 0.717) is 31.2 Å². The van der Waals surface area contributed by atoms with Crippen LogP contribution in [-0.2, 0) is 11.3 Å². The summed E-state index contributed by atoms with van der Waals surface area (Å²) in [5.41, 5.74) is 2.69. The SMILES string of the molecule is CN=C(NCc1ccc(Oc2cccnc2)c(F)c1)NCC1CC(=O)Nc2ccccc21.I. The Balaban J connectivity index is 0.00000306. The van der Waals surface area contributed by atoms with Crippen LogP contribution in [0.1, 0.15) is 23.5 Å². The number of aliphatic imine (C=N–C) groups is 1. The van der Waals surface area contributed by atoms with Crippen LogP contribution in [0.5, 0.6) is 11.5 Å². The van der Waals surface area contributed by atoms with Gasteiger partial charge in [-0.15, -0.1) is 24.0 Å². The molecule has 1 aliphatic rings. The van der Waals surface area contributed by atoms with Crippen LogP contribution in [0.15, 0.2) is 72.0 Å². The third-order valence-corrected chi connectivity index (χ3v) is 5.16. The summed E-state index contributed by atoms with van der Waals surface area (Å²) in [6, 6.07) is 16.0. The first-order chi connectivity index (χ1) is 15.6. The number of para-hydroxylation sites is 1. The lowest BCUT2D eigenvalue weighted by Crippen LogP contribution is -2.40. The third-order valence-electron chi connectivity index (χ3n) is 5.16. The number of ether oxygens (including phenoxy) is 1. The minimum Gasteiger partial charge on any atom is -0.453 e. The maximum Gasteiger partial charge on any atom is 0.225 e. The predicted octanol–water partition coefficient (Wildman–Crippen LogP) is 4.42. The molecule has 0 spiro atoms. The molecule has 0 radical (unpaired) electrons. The van der Waals surface area contributed by atoms with Crippen molar-refractivity contribution in [1.29, 1.82) is 0 Å². The molecule has 33 heavy (non-hydrogen) atoms. The normalized spacial score (nSPS) is 15.0.